The molecule has 1 saturated heterocycles. The average molecular weight is 441 g/mol. The summed E-state index contributed by atoms with van der Waals surface area (Å²) in [6, 6.07) is 13.9. The van der Waals surface area contributed by atoms with Crippen LogP contribution >= 0.6 is 11.6 Å². The summed E-state index contributed by atoms with van der Waals surface area (Å²) in [6.07, 6.45) is 0.765. The van der Waals surface area contributed by atoms with E-state index >= 15 is 0 Å². The van der Waals surface area contributed by atoms with Crippen LogP contribution in [-0.2, 0) is 11.3 Å². The van der Waals surface area contributed by atoms with Gasteiger partial charge in [0.05, 0.1) is 6.54 Å². The number of benzene rings is 2. The van der Waals surface area contributed by atoms with Gasteiger partial charge in [0.25, 0.3) is 5.91 Å². The fourth-order valence-corrected chi connectivity index (χ4v) is 3.39. The first-order valence-electron chi connectivity index (χ1n) is 9.87. The summed E-state index contributed by atoms with van der Waals surface area (Å²) in [7, 11) is 0. The van der Waals surface area contributed by atoms with Crippen LogP contribution in [0.15, 0.2) is 53.1 Å². The van der Waals surface area contributed by atoms with Crippen molar-refractivity contribution in [1.82, 2.24) is 19.9 Å². The molecule has 3 aromatic rings. The van der Waals surface area contributed by atoms with E-state index in [1.165, 1.54) is 0 Å². The summed E-state index contributed by atoms with van der Waals surface area (Å²) in [4.78, 5) is 31.5. The molecule has 2 aromatic carbocycles. The van der Waals surface area contributed by atoms with Gasteiger partial charge >= 0.3 is 0 Å². The molecule has 1 amide bonds. The van der Waals surface area contributed by atoms with E-state index in [9.17, 15) is 9.59 Å². The van der Waals surface area contributed by atoms with Gasteiger partial charge in [-0.15, -0.1) is 0 Å². The van der Waals surface area contributed by atoms with Crippen molar-refractivity contribution in [2.75, 3.05) is 32.8 Å². The molecule has 0 aliphatic carbocycles. The van der Waals surface area contributed by atoms with Crippen LogP contribution in [0.2, 0.25) is 5.02 Å². The predicted octanol–water partition coefficient (Wildman–Crippen LogP) is 2.93. The molecule has 0 atom stereocenters. The lowest BCUT2D eigenvalue weighted by molar-refractivity contribution is -0.135. The van der Waals surface area contributed by atoms with Gasteiger partial charge in [-0.25, -0.2) is 0 Å². The van der Waals surface area contributed by atoms with E-state index in [-0.39, 0.29) is 12.5 Å². The molecular formula is C22H21ClN4O4. The van der Waals surface area contributed by atoms with E-state index in [1.54, 1.807) is 41.3 Å². The van der Waals surface area contributed by atoms with E-state index in [2.05, 4.69) is 15.0 Å². The van der Waals surface area contributed by atoms with E-state index in [0.717, 1.165) is 11.8 Å². The minimum Gasteiger partial charge on any atom is -0.484 e. The zero-order valence-corrected chi connectivity index (χ0v) is 17.5. The van der Waals surface area contributed by atoms with Gasteiger partial charge in [0, 0.05) is 42.3 Å². The summed E-state index contributed by atoms with van der Waals surface area (Å²) >= 11 is 5.91. The molecular weight excluding hydrogens is 420 g/mol. The van der Waals surface area contributed by atoms with Gasteiger partial charge in [0.2, 0.25) is 11.7 Å². The lowest BCUT2D eigenvalue weighted by atomic mass is 10.2. The Kier molecular flexibility index (Phi) is 6.59. The maximum atomic E-state index is 12.4. The first kappa shape index (κ1) is 21.0. The Morgan fingerprint density at radius 3 is 2.45 bits per heavy atom. The van der Waals surface area contributed by atoms with Gasteiger partial charge in [0.1, 0.15) is 12.0 Å². The third-order valence-electron chi connectivity index (χ3n) is 5.03. The molecule has 0 unspecified atom stereocenters. The van der Waals surface area contributed by atoms with Crippen molar-refractivity contribution in [3.05, 3.63) is 65.0 Å². The molecule has 9 heteroatoms. The maximum Gasteiger partial charge on any atom is 0.260 e. The Balaban J connectivity index is 1.23. The lowest BCUT2D eigenvalue weighted by Gasteiger charge is -2.33. The highest BCUT2D eigenvalue weighted by Gasteiger charge is 2.23. The van der Waals surface area contributed by atoms with E-state index in [1.807, 2.05) is 12.1 Å². The van der Waals surface area contributed by atoms with Crippen molar-refractivity contribution in [3.8, 4) is 17.1 Å². The van der Waals surface area contributed by atoms with Gasteiger partial charge in [-0.1, -0.05) is 16.8 Å². The topological polar surface area (TPSA) is 88.8 Å². The van der Waals surface area contributed by atoms with Crippen molar-refractivity contribution in [1.29, 1.82) is 0 Å². The highest BCUT2D eigenvalue weighted by Crippen LogP contribution is 2.19. The third kappa shape index (κ3) is 5.48. The molecule has 0 bridgehead atoms. The second kappa shape index (κ2) is 9.72. The lowest BCUT2D eigenvalue weighted by Crippen LogP contribution is -2.49. The second-order valence-electron chi connectivity index (χ2n) is 7.15. The predicted molar refractivity (Wildman–Crippen MR) is 114 cm³/mol. The number of amides is 1. The standard InChI is InChI=1S/C22H21ClN4O4/c23-18-5-3-17(4-6-18)22-24-20(31-25-22)13-26-9-11-27(12-10-26)21(29)15-30-19-7-1-16(14-28)2-8-19/h1-8,14H,9-13,15H2. The first-order chi connectivity index (χ1) is 15.1. The molecule has 31 heavy (non-hydrogen) atoms. The maximum absolute atomic E-state index is 12.4. The molecule has 2 heterocycles. The normalized spacial score (nSPS) is 14.4. The number of rotatable bonds is 7. The van der Waals surface area contributed by atoms with Gasteiger partial charge in [-0.2, -0.15) is 4.98 Å². The number of aldehydes is 1. The minimum atomic E-state index is -0.0677. The highest BCUT2D eigenvalue weighted by molar-refractivity contribution is 6.30. The Labute approximate surface area is 184 Å². The van der Waals surface area contributed by atoms with Crippen molar-refractivity contribution in [3.63, 3.8) is 0 Å². The summed E-state index contributed by atoms with van der Waals surface area (Å²) in [5, 5.41) is 4.69. The van der Waals surface area contributed by atoms with Crippen LogP contribution in [0.4, 0.5) is 0 Å². The van der Waals surface area contributed by atoms with Crippen molar-refractivity contribution in [2.45, 2.75) is 6.54 Å². The number of carbonyl (C=O) groups is 2. The molecule has 0 saturated carbocycles. The Morgan fingerprint density at radius 2 is 1.77 bits per heavy atom. The van der Waals surface area contributed by atoms with Gasteiger partial charge in [-0.05, 0) is 48.5 Å². The van der Waals surface area contributed by atoms with Crippen LogP contribution in [-0.4, -0.2) is 64.9 Å². The van der Waals surface area contributed by atoms with Crippen molar-refractivity contribution < 1.29 is 18.8 Å². The number of halogens is 1. The van der Waals surface area contributed by atoms with Crippen molar-refractivity contribution in [2.24, 2.45) is 0 Å². The quantitative estimate of drug-likeness (QED) is 0.522. The van der Waals surface area contributed by atoms with Crippen LogP contribution in [0.3, 0.4) is 0 Å². The number of nitrogens with zero attached hydrogens (tertiary/aromatic N) is 4. The fraction of sp³-hybridized carbons (Fsp3) is 0.273. The average Bonchev–Trinajstić information content (AvgIpc) is 3.27. The molecule has 0 N–H and O–H groups in total. The summed E-state index contributed by atoms with van der Waals surface area (Å²) < 4.78 is 10.9. The number of piperazine rings is 1. The molecule has 160 valence electrons. The zero-order valence-electron chi connectivity index (χ0n) is 16.7. The molecule has 0 radical (unpaired) electrons. The van der Waals surface area contributed by atoms with E-state index < -0.39 is 0 Å². The van der Waals surface area contributed by atoms with Gasteiger partial charge < -0.3 is 14.2 Å². The van der Waals surface area contributed by atoms with Gasteiger partial charge in [-0.3, -0.25) is 14.5 Å². The van der Waals surface area contributed by atoms with Crippen LogP contribution < -0.4 is 4.74 Å². The third-order valence-corrected chi connectivity index (χ3v) is 5.28. The molecule has 1 aromatic heterocycles. The second-order valence-corrected chi connectivity index (χ2v) is 7.59. The molecule has 0 spiro atoms. The highest BCUT2D eigenvalue weighted by atomic mass is 35.5. The first-order valence-corrected chi connectivity index (χ1v) is 10.3. The van der Waals surface area contributed by atoms with Crippen LogP contribution in [0, 0.1) is 0 Å². The fourth-order valence-electron chi connectivity index (χ4n) is 3.26. The molecule has 4 rings (SSSR count). The van der Waals surface area contributed by atoms with Gasteiger partial charge in [0.15, 0.2) is 6.61 Å². The van der Waals surface area contributed by atoms with E-state index in [4.69, 9.17) is 20.9 Å². The molecule has 1 aliphatic heterocycles. The van der Waals surface area contributed by atoms with Crippen LogP contribution in [0.1, 0.15) is 16.2 Å². The summed E-state index contributed by atoms with van der Waals surface area (Å²) in [5.41, 5.74) is 1.41. The number of aromatic nitrogens is 2. The number of ether oxygens (including phenoxy) is 1. The summed E-state index contributed by atoms with van der Waals surface area (Å²) in [5.74, 6) is 1.55. The van der Waals surface area contributed by atoms with Crippen LogP contribution in [0.5, 0.6) is 5.75 Å². The molecule has 1 aliphatic rings. The number of hydrogen-bond acceptors (Lipinski definition) is 7. The largest absolute Gasteiger partial charge is 0.484 e. The smallest absolute Gasteiger partial charge is 0.260 e. The molecule has 8 nitrogen and oxygen atoms in total. The van der Waals surface area contributed by atoms with E-state index in [0.29, 0.717) is 60.8 Å². The zero-order chi connectivity index (χ0) is 21.6. The SMILES string of the molecule is O=Cc1ccc(OCC(=O)N2CCN(Cc3nc(-c4ccc(Cl)cc4)no3)CC2)cc1. The number of carbonyl (C=O) groups excluding carboxylic acids is 2. The van der Waals surface area contributed by atoms with Crippen molar-refractivity contribution >= 4 is 23.8 Å². The Morgan fingerprint density at radius 1 is 1.06 bits per heavy atom. The molecule has 1 fully saturated rings. The number of hydrogen-bond donors (Lipinski definition) is 0. The monoisotopic (exact) mass is 440 g/mol. The Hall–Kier alpha value is -3.23. The Bertz CT molecular complexity index is 1030. The van der Waals surface area contributed by atoms with Crippen LogP contribution in [0.25, 0.3) is 11.4 Å². The summed E-state index contributed by atoms with van der Waals surface area (Å²) in [6.45, 7) is 3.11. The minimum absolute atomic E-state index is 0.0332.